The topological polar surface area (TPSA) is 80.4 Å². The summed E-state index contributed by atoms with van der Waals surface area (Å²) in [6.07, 6.45) is 0. The molecule has 0 fully saturated rings. The Balaban J connectivity index is 1.93. The summed E-state index contributed by atoms with van der Waals surface area (Å²) < 4.78 is 10.4. The van der Waals surface area contributed by atoms with E-state index in [1.165, 1.54) is 7.11 Å². The first-order valence-corrected chi connectivity index (χ1v) is 7.69. The van der Waals surface area contributed by atoms with E-state index >= 15 is 0 Å². The van der Waals surface area contributed by atoms with Gasteiger partial charge in [0.25, 0.3) is 5.91 Å². The highest BCUT2D eigenvalue weighted by Crippen LogP contribution is 2.26. The van der Waals surface area contributed by atoms with Crippen LogP contribution in [0.4, 0.5) is 5.69 Å². The predicted octanol–water partition coefficient (Wildman–Crippen LogP) is 3.11. The first kappa shape index (κ1) is 16.6. The normalized spacial score (nSPS) is 10.5. The van der Waals surface area contributed by atoms with Crippen LogP contribution in [0.2, 0.25) is 0 Å². The number of methoxy groups -OCH3 is 2. The average molecular weight is 338 g/mol. The number of fused-ring (bicyclic) bond motifs is 1. The van der Waals surface area contributed by atoms with E-state index in [2.05, 4.69) is 10.3 Å². The number of aryl methyl sites for hydroxylation is 1. The summed E-state index contributed by atoms with van der Waals surface area (Å²) in [6.45, 7) is 1.87. The SMILES string of the molecule is COc1ccc(C(=O)Nc2ccc3c(C)cc(=O)[nH]c3c2)c(OC)c1. The van der Waals surface area contributed by atoms with Crippen LogP contribution in [0.25, 0.3) is 10.9 Å². The van der Waals surface area contributed by atoms with E-state index in [-0.39, 0.29) is 11.5 Å². The van der Waals surface area contributed by atoms with Gasteiger partial charge in [-0.15, -0.1) is 0 Å². The van der Waals surface area contributed by atoms with Crippen LogP contribution in [0.5, 0.6) is 11.5 Å². The van der Waals surface area contributed by atoms with Crippen LogP contribution >= 0.6 is 0 Å². The first-order chi connectivity index (χ1) is 12.0. The van der Waals surface area contributed by atoms with E-state index in [4.69, 9.17) is 9.47 Å². The van der Waals surface area contributed by atoms with Crippen molar-refractivity contribution in [3.8, 4) is 11.5 Å². The number of carbonyl (C=O) groups is 1. The van der Waals surface area contributed by atoms with Crippen molar-refractivity contribution in [3.63, 3.8) is 0 Å². The third-order valence-corrected chi connectivity index (χ3v) is 3.96. The Bertz CT molecular complexity index is 1010. The number of rotatable bonds is 4. The van der Waals surface area contributed by atoms with Crippen LogP contribution in [0.1, 0.15) is 15.9 Å². The van der Waals surface area contributed by atoms with Crippen LogP contribution in [-0.4, -0.2) is 25.1 Å². The number of hydrogen-bond acceptors (Lipinski definition) is 4. The molecule has 0 spiro atoms. The van der Waals surface area contributed by atoms with Gasteiger partial charge in [0.1, 0.15) is 11.5 Å². The lowest BCUT2D eigenvalue weighted by Crippen LogP contribution is -2.13. The molecule has 0 unspecified atom stereocenters. The molecule has 3 aromatic rings. The first-order valence-electron chi connectivity index (χ1n) is 7.69. The maximum atomic E-state index is 12.6. The zero-order valence-electron chi connectivity index (χ0n) is 14.2. The summed E-state index contributed by atoms with van der Waals surface area (Å²) in [5.74, 6) is 0.711. The van der Waals surface area contributed by atoms with Gasteiger partial charge in [-0.2, -0.15) is 0 Å². The second-order valence-electron chi connectivity index (χ2n) is 5.60. The summed E-state index contributed by atoms with van der Waals surface area (Å²) in [5.41, 5.74) is 2.35. The van der Waals surface area contributed by atoms with E-state index in [0.29, 0.717) is 28.3 Å². The Hall–Kier alpha value is -3.28. The number of H-pyrrole nitrogens is 1. The fourth-order valence-corrected chi connectivity index (χ4v) is 2.70. The van der Waals surface area contributed by atoms with Crippen molar-refractivity contribution in [2.24, 2.45) is 0 Å². The fraction of sp³-hybridized carbons (Fsp3) is 0.158. The van der Waals surface area contributed by atoms with Crippen LogP contribution in [0.3, 0.4) is 0 Å². The number of aromatic amines is 1. The third-order valence-electron chi connectivity index (χ3n) is 3.96. The number of nitrogens with one attached hydrogen (secondary N) is 2. The molecular weight excluding hydrogens is 320 g/mol. The summed E-state index contributed by atoms with van der Waals surface area (Å²) in [6, 6.07) is 11.9. The molecular formula is C19H18N2O4. The van der Waals surface area contributed by atoms with Crippen molar-refractivity contribution < 1.29 is 14.3 Å². The molecule has 128 valence electrons. The maximum absolute atomic E-state index is 12.6. The van der Waals surface area contributed by atoms with Crippen molar-refractivity contribution >= 4 is 22.5 Å². The number of anilines is 1. The lowest BCUT2D eigenvalue weighted by molar-refractivity contribution is 0.102. The minimum absolute atomic E-state index is 0.176. The van der Waals surface area contributed by atoms with Gasteiger partial charge in [-0.3, -0.25) is 9.59 Å². The predicted molar refractivity (Wildman–Crippen MR) is 96.8 cm³/mol. The molecule has 1 amide bonds. The lowest BCUT2D eigenvalue weighted by Gasteiger charge is -2.11. The van der Waals surface area contributed by atoms with Crippen molar-refractivity contribution in [3.05, 3.63) is 63.9 Å². The molecule has 2 aromatic carbocycles. The van der Waals surface area contributed by atoms with Crippen LogP contribution in [0, 0.1) is 6.92 Å². The molecule has 0 radical (unpaired) electrons. The van der Waals surface area contributed by atoms with Crippen LogP contribution in [-0.2, 0) is 0 Å². The van der Waals surface area contributed by atoms with Crippen molar-refractivity contribution in [2.75, 3.05) is 19.5 Å². The van der Waals surface area contributed by atoms with E-state index in [1.54, 1.807) is 43.5 Å². The summed E-state index contributed by atoms with van der Waals surface area (Å²) in [7, 11) is 3.04. The Morgan fingerprint density at radius 1 is 1.04 bits per heavy atom. The zero-order valence-corrected chi connectivity index (χ0v) is 14.2. The van der Waals surface area contributed by atoms with E-state index in [1.807, 2.05) is 13.0 Å². The number of pyridine rings is 1. The monoisotopic (exact) mass is 338 g/mol. The average Bonchev–Trinajstić information content (AvgIpc) is 2.60. The van der Waals surface area contributed by atoms with Crippen molar-refractivity contribution in [2.45, 2.75) is 6.92 Å². The van der Waals surface area contributed by atoms with Gasteiger partial charge in [0.05, 0.1) is 25.3 Å². The van der Waals surface area contributed by atoms with Gasteiger partial charge in [-0.05, 0) is 36.8 Å². The molecule has 25 heavy (non-hydrogen) atoms. The Morgan fingerprint density at radius 3 is 2.56 bits per heavy atom. The summed E-state index contributed by atoms with van der Waals surface area (Å²) in [5, 5.41) is 3.75. The van der Waals surface area contributed by atoms with Gasteiger partial charge in [-0.25, -0.2) is 0 Å². The highest BCUT2D eigenvalue weighted by molar-refractivity contribution is 6.07. The highest BCUT2D eigenvalue weighted by atomic mass is 16.5. The number of benzene rings is 2. The zero-order chi connectivity index (χ0) is 18.0. The number of aromatic nitrogens is 1. The largest absolute Gasteiger partial charge is 0.497 e. The Labute approximate surface area is 144 Å². The number of carbonyl (C=O) groups excluding carboxylic acids is 1. The molecule has 6 nitrogen and oxygen atoms in total. The van der Waals surface area contributed by atoms with Gasteiger partial charge in [0.15, 0.2) is 0 Å². The van der Waals surface area contributed by atoms with Crippen LogP contribution < -0.4 is 20.3 Å². The van der Waals surface area contributed by atoms with E-state index < -0.39 is 0 Å². The number of ether oxygens (including phenoxy) is 2. The lowest BCUT2D eigenvalue weighted by atomic mass is 10.1. The number of hydrogen-bond donors (Lipinski definition) is 2. The molecule has 0 saturated carbocycles. The maximum Gasteiger partial charge on any atom is 0.259 e. The van der Waals surface area contributed by atoms with Crippen LogP contribution in [0.15, 0.2) is 47.3 Å². The van der Waals surface area contributed by atoms with E-state index in [9.17, 15) is 9.59 Å². The smallest absolute Gasteiger partial charge is 0.259 e. The molecule has 0 aliphatic carbocycles. The van der Waals surface area contributed by atoms with Gasteiger partial charge >= 0.3 is 0 Å². The molecule has 0 bridgehead atoms. The van der Waals surface area contributed by atoms with Crippen molar-refractivity contribution in [1.29, 1.82) is 0 Å². The summed E-state index contributed by atoms with van der Waals surface area (Å²) >= 11 is 0. The van der Waals surface area contributed by atoms with E-state index in [0.717, 1.165) is 10.9 Å². The molecule has 0 saturated heterocycles. The molecule has 0 aliphatic heterocycles. The van der Waals surface area contributed by atoms with Gasteiger partial charge in [-0.1, -0.05) is 6.07 Å². The highest BCUT2D eigenvalue weighted by Gasteiger charge is 2.14. The Kier molecular flexibility index (Phi) is 4.43. The quantitative estimate of drug-likeness (QED) is 0.766. The molecule has 0 aliphatic rings. The summed E-state index contributed by atoms with van der Waals surface area (Å²) in [4.78, 5) is 27.0. The third kappa shape index (κ3) is 3.33. The molecule has 6 heteroatoms. The standard InChI is InChI=1S/C19H18N2O4/c1-11-8-18(22)21-16-9-12(4-6-14(11)16)20-19(23)15-7-5-13(24-2)10-17(15)25-3/h4-10H,1-3H3,(H,20,23)(H,21,22). The fourth-order valence-electron chi connectivity index (χ4n) is 2.70. The molecule has 1 heterocycles. The number of amides is 1. The van der Waals surface area contributed by atoms with Gasteiger partial charge in [0, 0.05) is 23.2 Å². The second-order valence-corrected chi connectivity index (χ2v) is 5.60. The molecule has 3 rings (SSSR count). The van der Waals surface area contributed by atoms with Crippen molar-refractivity contribution in [1.82, 2.24) is 4.98 Å². The minimum atomic E-state index is -0.311. The molecule has 0 atom stereocenters. The van der Waals surface area contributed by atoms with Gasteiger partial charge < -0.3 is 19.8 Å². The molecule has 2 N–H and O–H groups in total. The molecule has 1 aromatic heterocycles. The minimum Gasteiger partial charge on any atom is -0.497 e. The van der Waals surface area contributed by atoms with Gasteiger partial charge in [0.2, 0.25) is 5.56 Å². The Morgan fingerprint density at radius 2 is 1.84 bits per heavy atom. The second kappa shape index (κ2) is 6.68.